The van der Waals surface area contributed by atoms with Crippen LogP contribution < -0.4 is 5.32 Å². The summed E-state index contributed by atoms with van der Waals surface area (Å²) in [6.45, 7) is 1.42. The molecule has 3 atom stereocenters. The Bertz CT molecular complexity index is 1030. The van der Waals surface area contributed by atoms with E-state index in [1.165, 1.54) is 5.56 Å². The lowest BCUT2D eigenvalue weighted by Crippen LogP contribution is -2.39. The zero-order chi connectivity index (χ0) is 22.6. The Balaban J connectivity index is 1.12. The predicted molar refractivity (Wildman–Crippen MR) is 123 cm³/mol. The summed E-state index contributed by atoms with van der Waals surface area (Å²) in [5.74, 6) is 0.0850. The molecule has 0 bridgehead atoms. The highest BCUT2D eigenvalue weighted by atomic mass is 16.3. The third-order valence-electron chi connectivity index (χ3n) is 6.97. The minimum absolute atomic E-state index is 0.0782. The van der Waals surface area contributed by atoms with Crippen LogP contribution in [0.15, 0.2) is 60.9 Å². The van der Waals surface area contributed by atoms with Crippen LogP contribution in [0, 0.1) is 0 Å². The van der Waals surface area contributed by atoms with Gasteiger partial charge in [0.25, 0.3) is 5.91 Å². The standard InChI is InChI=1S/C25H30N6O2/c32-24(19-4-2-1-3-5-19)23-11-10-21(27-23)16-18-6-8-20(9-7-18)25(33)30-14-12-22(13-15-30)31-17-26-28-29-31/h1-9,17,21-24,27,32H,10-16H2/t21-,23+,24+/m0/s1. The average molecular weight is 447 g/mol. The molecule has 0 saturated carbocycles. The van der Waals surface area contributed by atoms with Crippen molar-refractivity contribution in [2.75, 3.05) is 13.1 Å². The summed E-state index contributed by atoms with van der Waals surface area (Å²) in [7, 11) is 0. The number of nitrogens with one attached hydrogen (secondary N) is 1. The van der Waals surface area contributed by atoms with Gasteiger partial charge >= 0.3 is 0 Å². The number of likely N-dealkylation sites (tertiary alicyclic amines) is 1. The van der Waals surface area contributed by atoms with Gasteiger partial charge < -0.3 is 15.3 Å². The Morgan fingerprint density at radius 1 is 1.03 bits per heavy atom. The Morgan fingerprint density at radius 3 is 2.48 bits per heavy atom. The Labute approximate surface area is 193 Å². The van der Waals surface area contributed by atoms with Gasteiger partial charge in [-0.3, -0.25) is 4.79 Å². The number of amides is 1. The molecule has 2 aliphatic heterocycles. The van der Waals surface area contributed by atoms with E-state index in [2.05, 4.69) is 33.0 Å². The first kappa shape index (κ1) is 21.7. The maximum Gasteiger partial charge on any atom is 0.253 e. The van der Waals surface area contributed by atoms with E-state index in [0.29, 0.717) is 19.1 Å². The number of carbonyl (C=O) groups is 1. The monoisotopic (exact) mass is 446 g/mol. The minimum Gasteiger partial charge on any atom is -0.387 e. The van der Waals surface area contributed by atoms with Crippen molar-refractivity contribution in [1.82, 2.24) is 30.4 Å². The van der Waals surface area contributed by atoms with E-state index in [-0.39, 0.29) is 18.0 Å². The molecule has 172 valence electrons. The first-order valence-electron chi connectivity index (χ1n) is 11.8. The normalized spacial score (nSPS) is 22.4. The maximum absolute atomic E-state index is 12.9. The molecule has 0 radical (unpaired) electrons. The molecule has 8 nitrogen and oxygen atoms in total. The van der Waals surface area contributed by atoms with Gasteiger partial charge in [0.15, 0.2) is 0 Å². The van der Waals surface area contributed by atoms with Crippen LogP contribution in [0.3, 0.4) is 0 Å². The van der Waals surface area contributed by atoms with Crippen molar-refractivity contribution in [3.63, 3.8) is 0 Å². The Hall–Kier alpha value is -3.10. The number of tetrazole rings is 1. The van der Waals surface area contributed by atoms with Crippen LogP contribution in [0.1, 0.15) is 59.3 Å². The second-order valence-electron chi connectivity index (χ2n) is 9.12. The third-order valence-corrected chi connectivity index (χ3v) is 6.97. The number of piperidine rings is 1. The van der Waals surface area contributed by atoms with Crippen molar-refractivity contribution >= 4 is 5.91 Å². The predicted octanol–water partition coefficient (Wildman–Crippen LogP) is 2.55. The van der Waals surface area contributed by atoms with E-state index in [1.807, 2.05) is 47.4 Å². The molecule has 2 N–H and O–H groups in total. The molecule has 1 aromatic heterocycles. The fourth-order valence-electron chi connectivity index (χ4n) is 5.06. The fraction of sp³-hybridized carbons (Fsp3) is 0.440. The highest BCUT2D eigenvalue weighted by Gasteiger charge is 2.30. The van der Waals surface area contributed by atoms with E-state index in [1.54, 1.807) is 11.0 Å². The number of hydrogen-bond donors (Lipinski definition) is 2. The van der Waals surface area contributed by atoms with Crippen LogP contribution in [0.4, 0.5) is 0 Å². The zero-order valence-electron chi connectivity index (χ0n) is 18.6. The van der Waals surface area contributed by atoms with Gasteiger partial charge in [-0.1, -0.05) is 42.5 Å². The van der Waals surface area contributed by atoms with Crippen LogP contribution in [-0.4, -0.2) is 61.3 Å². The van der Waals surface area contributed by atoms with Crippen LogP contribution >= 0.6 is 0 Å². The van der Waals surface area contributed by atoms with E-state index >= 15 is 0 Å². The van der Waals surface area contributed by atoms with Gasteiger partial charge in [0.05, 0.1) is 12.1 Å². The molecule has 8 heteroatoms. The molecule has 2 fully saturated rings. The zero-order valence-corrected chi connectivity index (χ0v) is 18.6. The number of aromatic nitrogens is 4. The molecule has 1 amide bonds. The molecule has 2 aromatic carbocycles. The number of aliphatic hydroxyl groups is 1. The first-order valence-corrected chi connectivity index (χ1v) is 11.8. The molecule has 2 saturated heterocycles. The lowest BCUT2D eigenvalue weighted by atomic mass is 10.0. The molecule has 2 aliphatic rings. The quantitative estimate of drug-likeness (QED) is 0.604. The second kappa shape index (κ2) is 9.80. The van der Waals surface area contributed by atoms with Crippen molar-refractivity contribution in [2.45, 2.75) is 56.3 Å². The van der Waals surface area contributed by atoms with Gasteiger partial charge in [-0.15, -0.1) is 5.10 Å². The van der Waals surface area contributed by atoms with Crippen molar-refractivity contribution < 1.29 is 9.90 Å². The van der Waals surface area contributed by atoms with E-state index in [9.17, 15) is 9.90 Å². The van der Waals surface area contributed by atoms with Gasteiger partial charge in [-0.2, -0.15) is 0 Å². The molecule has 5 rings (SSSR count). The SMILES string of the molecule is O=C(c1ccc(C[C@@H]2CC[C@H]([C@H](O)c3ccccc3)N2)cc1)N1CCC(n2cnnn2)CC1. The lowest BCUT2D eigenvalue weighted by molar-refractivity contribution is 0.0689. The molecule has 3 heterocycles. The van der Waals surface area contributed by atoms with Crippen LogP contribution in [0.25, 0.3) is 0 Å². The molecule has 33 heavy (non-hydrogen) atoms. The largest absolute Gasteiger partial charge is 0.387 e. The number of benzene rings is 2. The Kier molecular flexibility index (Phi) is 6.46. The van der Waals surface area contributed by atoms with Gasteiger partial charge in [-0.05, 0) is 65.8 Å². The highest BCUT2D eigenvalue weighted by molar-refractivity contribution is 5.94. The number of nitrogens with zero attached hydrogens (tertiary/aromatic N) is 5. The number of carbonyl (C=O) groups excluding carboxylic acids is 1. The topological polar surface area (TPSA) is 96.2 Å². The maximum atomic E-state index is 12.9. The molecular formula is C25H30N6O2. The number of hydrogen-bond acceptors (Lipinski definition) is 6. The summed E-state index contributed by atoms with van der Waals surface area (Å²) < 4.78 is 1.79. The van der Waals surface area contributed by atoms with E-state index in [4.69, 9.17) is 0 Å². The molecule has 3 aromatic rings. The smallest absolute Gasteiger partial charge is 0.253 e. The lowest BCUT2D eigenvalue weighted by Gasteiger charge is -2.31. The average Bonchev–Trinajstić information content (AvgIpc) is 3.57. The molecular weight excluding hydrogens is 416 g/mol. The van der Waals surface area contributed by atoms with Crippen LogP contribution in [0.2, 0.25) is 0 Å². The summed E-state index contributed by atoms with van der Waals surface area (Å²) >= 11 is 0. The highest BCUT2D eigenvalue weighted by Crippen LogP contribution is 2.27. The van der Waals surface area contributed by atoms with E-state index in [0.717, 1.165) is 43.2 Å². The summed E-state index contributed by atoms with van der Waals surface area (Å²) in [5.41, 5.74) is 2.90. The second-order valence-corrected chi connectivity index (χ2v) is 9.12. The van der Waals surface area contributed by atoms with Crippen molar-refractivity contribution in [2.24, 2.45) is 0 Å². The van der Waals surface area contributed by atoms with Crippen molar-refractivity contribution in [1.29, 1.82) is 0 Å². The number of aliphatic hydroxyl groups excluding tert-OH is 1. The fourth-order valence-corrected chi connectivity index (χ4v) is 5.06. The third kappa shape index (κ3) is 4.96. The van der Waals surface area contributed by atoms with Crippen LogP contribution in [-0.2, 0) is 6.42 Å². The molecule has 0 aliphatic carbocycles. The summed E-state index contributed by atoms with van der Waals surface area (Å²) in [6.07, 6.45) is 5.76. The van der Waals surface area contributed by atoms with Crippen molar-refractivity contribution in [3.05, 3.63) is 77.6 Å². The minimum atomic E-state index is -0.485. The first-order chi connectivity index (χ1) is 16.2. The van der Waals surface area contributed by atoms with Crippen molar-refractivity contribution in [3.8, 4) is 0 Å². The molecule has 0 spiro atoms. The number of rotatable bonds is 6. The van der Waals surface area contributed by atoms with Gasteiger partial charge in [0.2, 0.25) is 0 Å². The summed E-state index contributed by atoms with van der Waals surface area (Å²) in [6, 6.07) is 18.5. The summed E-state index contributed by atoms with van der Waals surface area (Å²) in [4.78, 5) is 14.9. The summed E-state index contributed by atoms with van der Waals surface area (Å²) in [5, 5.41) is 25.7. The van der Waals surface area contributed by atoms with Gasteiger partial charge in [0.1, 0.15) is 6.33 Å². The van der Waals surface area contributed by atoms with Crippen LogP contribution in [0.5, 0.6) is 0 Å². The van der Waals surface area contributed by atoms with Gasteiger partial charge in [0, 0.05) is 30.7 Å². The van der Waals surface area contributed by atoms with E-state index < -0.39 is 6.10 Å². The molecule has 0 unspecified atom stereocenters. The Morgan fingerprint density at radius 2 is 1.79 bits per heavy atom. The van der Waals surface area contributed by atoms with Gasteiger partial charge in [-0.25, -0.2) is 4.68 Å².